The number of unbranched alkanes of at least 4 members (excludes halogenated alkanes) is 1. The number of fused-ring (bicyclic) bond motifs is 1. The Balaban J connectivity index is 0.000000892. The van der Waals surface area contributed by atoms with Crippen molar-refractivity contribution in [1.29, 1.82) is 0 Å². The fourth-order valence-corrected chi connectivity index (χ4v) is 7.30. The van der Waals surface area contributed by atoms with E-state index >= 15 is 0 Å². The molecule has 5 nitrogen and oxygen atoms in total. The highest BCUT2D eigenvalue weighted by Crippen LogP contribution is 2.53. The van der Waals surface area contributed by atoms with E-state index in [1.54, 1.807) is 0 Å². The van der Waals surface area contributed by atoms with Crippen LogP contribution in [0.15, 0.2) is 78.9 Å². The van der Waals surface area contributed by atoms with E-state index in [4.69, 9.17) is 22.3 Å². The number of thioether (sulfide) groups is 1. The van der Waals surface area contributed by atoms with Crippen LogP contribution in [0, 0.1) is 5.41 Å². The first-order valence-electron chi connectivity index (χ1n) is 16.2. The van der Waals surface area contributed by atoms with Gasteiger partial charge in [0.25, 0.3) is 0 Å². The predicted octanol–water partition coefficient (Wildman–Crippen LogP) is 9.69. The van der Waals surface area contributed by atoms with Crippen molar-refractivity contribution in [2.45, 2.75) is 76.6 Å². The molecule has 4 N–H and O–H groups in total. The van der Waals surface area contributed by atoms with Gasteiger partial charge in [-0.15, -0.1) is 0 Å². The fraction of sp³-hybridized carbons (Fsp3) is 0.385. The van der Waals surface area contributed by atoms with E-state index in [9.17, 15) is 15.0 Å². The van der Waals surface area contributed by atoms with Crippen molar-refractivity contribution in [3.05, 3.63) is 112 Å². The zero-order valence-corrected chi connectivity index (χ0v) is 28.8. The van der Waals surface area contributed by atoms with Gasteiger partial charge in [-0.05, 0) is 104 Å². The second-order valence-corrected chi connectivity index (χ2v) is 14.5. The number of hydrogen-bond acceptors (Lipinski definition) is 5. The number of aryl methyl sites for hydroxylation is 1. The third-order valence-corrected chi connectivity index (χ3v) is 10.3. The Bertz CT molecular complexity index is 1630. The van der Waals surface area contributed by atoms with Crippen LogP contribution in [0.3, 0.4) is 0 Å². The van der Waals surface area contributed by atoms with Crippen molar-refractivity contribution in [1.82, 2.24) is 4.98 Å². The van der Waals surface area contributed by atoms with E-state index in [1.807, 2.05) is 74.1 Å². The molecule has 0 amide bonds. The number of halogens is 1. The average molecular weight is 659 g/mol. The van der Waals surface area contributed by atoms with E-state index in [0.717, 1.165) is 71.3 Å². The predicted molar refractivity (Wildman–Crippen MR) is 195 cm³/mol. The Morgan fingerprint density at radius 3 is 2.50 bits per heavy atom. The number of carbonyl (C=O) groups is 1. The lowest BCUT2D eigenvalue weighted by Crippen LogP contribution is -2.18. The standard InChI is InChI=1S/C35H36ClNO3S.C4H11N/c1-34(2,40)30-9-4-3-7-25(30)13-17-32(41-23-35(18-19-35)22-33(38)39)27-8-5-6-24(20-27)10-15-29-16-12-26-11-14-28(36)21-31(26)37-29;1-2-3-4-5/h3-12,14-16,20-21,32,40H,13,17-19,22-23H2,1-2H3,(H,38,39);2-5H2,1H3/t32-;/m1./s1. The van der Waals surface area contributed by atoms with Crippen molar-refractivity contribution < 1.29 is 15.0 Å². The zero-order chi connectivity index (χ0) is 33.2. The van der Waals surface area contributed by atoms with Gasteiger partial charge in [0.15, 0.2) is 0 Å². The molecule has 0 aliphatic heterocycles. The van der Waals surface area contributed by atoms with Gasteiger partial charge in [-0.2, -0.15) is 11.8 Å². The molecule has 0 unspecified atom stereocenters. The lowest BCUT2D eigenvalue weighted by Gasteiger charge is -2.24. The topological polar surface area (TPSA) is 96.4 Å². The van der Waals surface area contributed by atoms with Gasteiger partial charge in [-0.3, -0.25) is 4.79 Å². The van der Waals surface area contributed by atoms with Crippen LogP contribution in [-0.4, -0.2) is 33.5 Å². The summed E-state index contributed by atoms with van der Waals surface area (Å²) in [6.45, 7) is 6.63. The van der Waals surface area contributed by atoms with Crippen LogP contribution < -0.4 is 5.73 Å². The van der Waals surface area contributed by atoms with Crippen LogP contribution in [0.4, 0.5) is 0 Å². The summed E-state index contributed by atoms with van der Waals surface area (Å²) in [5.74, 6) is 0.122. The molecule has 0 saturated heterocycles. The van der Waals surface area contributed by atoms with Gasteiger partial charge < -0.3 is 15.9 Å². The third kappa shape index (κ3) is 10.7. The van der Waals surface area contributed by atoms with Crippen molar-refractivity contribution in [3.63, 3.8) is 0 Å². The van der Waals surface area contributed by atoms with Gasteiger partial charge in [0.2, 0.25) is 0 Å². The van der Waals surface area contributed by atoms with Crippen molar-refractivity contribution >= 4 is 52.4 Å². The minimum absolute atomic E-state index is 0.0814. The summed E-state index contributed by atoms with van der Waals surface area (Å²) in [5, 5.41) is 22.1. The number of nitrogens with two attached hydrogens (primary N) is 1. The molecule has 4 aromatic rings. The number of aliphatic carboxylic acids is 1. The number of aliphatic hydroxyl groups is 1. The molecule has 1 aliphatic carbocycles. The number of benzene rings is 3. The second kappa shape index (κ2) is 16.6. The van der Waals surface area contributed by atoms with Gasteiger partial charge in [-0.25, -0.2) is 4.98 Å². The first-order valence-corrected chi connectivity index (χ1v) is 17.6. The number of pyridine rings is 1. The van der Waals surface area contributed by atoms with E-state index < -0.39 is 11.6 Å². The Kier molecular flexibility index (Phi) is 12.9. The highest BCUT2D eigenvalue weighted by molar-refractivity contribution is 7.99. The van der Waals surface area contributed by atoms with Crippen LogP contribution >= 0.6 is 23.4 Å². The van der Waals surface area contributed by atoms with Crippen LogP contribution in [0.5, 0.6) is 0 Å². The molecule has 7 heteroatoms. The first-order chi connectivity index (χ1) is 22.0. The molecule has 3 aromatic carbocycles. The largest absolute Gasteiger partial charge is 0.481 e. The maximum Gasteiger partial charge on any atom is 0.303 e. The summed E-state index contributed by atoms with van der Waals surface area (Å²) in [4.78, 5) is 16.2. The smallest absolute Gasteiger partial charge is 0.303 e. The van der Waals surface area contributed by atoms with Crippen LogP contribution in [0.1, 0.15) is 92.5 Å². The van der Waals surface area contributed by atoms with Crippen LogP contribution in [0.2, 0.25) is 5.02 Å². The molecule has 1 saturated carbocycles. The first kappa shape index (κ1) is 35.7. The number of aromatic nitrogens is 1. The Hall–Kier alpha value is -3.16. The fourth-order valence-electron chi connectivity index (χ4n) is 5.56. The molecular weight excluding hydrogens is 612 g/mol. The maximum absolute atomic E-state index is 11.5. The molecule has 1 heterocycles. The minimum Gasteiger partial charge on any atom is -0.481 e. The second-order valence-electron chi connectivity index (χ2n) is 12.8. The molecule has 1 aliphatic rings. The van der Waals surface area contributed by atoms with Crippen LogP contribution in [0.25, 0.3) is 23.1 Å². The van der Waals surface area contributed by atoms with Crippen molar-refractivity contribution in [3.8, 4) is 0 Å². The molecule has 1 aromatic heterocycles. The monoisotopic (exact) mass is 658 g/mol. The summed E-state index contributed by atoms with van der Waals surface area (Å²) in [5.41, 5.74) is 10.3. The van der Waals surface area contributed by atoms with E-state index in [1.165, 1.54) is 18.4 Å². The van der Waals surface area contributed by atoms with Crippen molar-refractivity contribution in [2.24, 2.45) is 11.1 Å². The Morgan fingerprint density at radius 1 is 1.07 bits per heavy atom. The summed E-state index contributed by atoms with van der Waals surface area (Å²) in [6, 6.07) is 26.5. The van der Waals surface area contributed by atoms with Gasteiger partial charge in [-0.1, -0.05) is 91.7 Å². The molecule has 1 atom stereocenters. The highest BCUT2D eigenvalue weighted by Gasteiger charge is 2.44. The molecular formula is C39H47ClN2O3S. The number of rotatable bonds is 14. The van der Waals surface area contributed by atoms with E-state index in [-0.39, 0.29) is 17.1 Å². The normalized spacial score (nSPS) is 14.6. The molecule has 0 spiro atoms. The highest BCUT2D eigenvalue weighted by atomic mass is 35.5. The Labute approximate surface area is 283 Å². The molecule has 0 radical (unpaired) electrons. The number of hydrogen-bond donors (Lipinski definition) is 3. The molecule has 1 fully saturated rings. The molecule has 244 valence electrons. The van der Waals surface area contributed by atoms with E-state index in [2.05, 4.69) is 49.4 Å². The Morgan fingerprint density at radius 2 is 1.83 bits per heavy atom. The van der Waals surface area contributed by atoms with Gasteiger partial charge in [0, 0.05) is 21.4 Å². The molecule has 46 heavy (non-hydrogen) atoms. The number of carboxylic acids is 1. The van der Waals surface area contributed by atoms with Gasteiger partial charge in [0.1, 0.15) is 0 Å². The van der Waals surface area contributed by atoms with Gasteiger partial charge in [0.05, 0.1) is 23.2 Å². The van der Waals surface area contributed by atoms with Crippen molar-refractivity contribution in [2.75, 3.05) is 12.3 Å². The summed E-state index contributed by atoms with van der Waals surface area (Å²) in [6.07, 6.45) is 10.4. The summed E-state index contributed by atoms with van der Waals surface area (Å²) >= 11 is 8.04. The molecule has 5 rings (SSSR count). The zero-order valence-electron chi connectivity index (χ0n) is 27.2. The summed E-state index contributed by atoms with van der Waals surface area (Å²) in [7, 11) is 0. The quantitative estimate of drug-likeness (QED) is 0.125. The summed E-state index contributed by atoms with van der Waals surface area (Å²) < 4.78 is 0. The minimum atomic E-state index is -0.911. The number of carboxylic acid groups (broad SMARTS) is 1. The maximum atomic E-state index is 11.5. The SMILES string of the molecule is CC(C)(O)c1ccccc1CC[C@@H](SCC1(CC(=O)O)CC1)c1cccc(C=Cc2ccc3ccc(Cl)cc3n2)c1.CCCCN. The lowest BCUT2D eigenvalue weighted by molar-refractivity contribution is -0.138. The molecule has 0 bridgehead atoms. The average Bonchev–Trinajstić information content (AvgIpc) is 3.79. The third-order valence-electron chi connectivity index (χ3n) is 8.39. The van der Waals surface area contributed by atoms with Crippen LogP contribution in [-0.2, 0) is 16.8 Å². The number of nitrogens with zero attached hydrogens (tertiary/aromatic N) is 1. The van der Waals surface area contributed by atoms with E-state index in [0.29, 0.717) is 5.02 Å². The lowest BCUT2D eigenvalue weighted by atomic mass is 9.90. The van der Waals surface area contributed by atoms with Gasteiger partial charge >= 0.3 is 5.97 Å².